The monoisotopic (exact) mass is 540 g/mol. The van der Waals surface area contributed by atoms with E-state index in [0.717, 1.165) is 20.4 Å². The number of carbonyl (C=O) groups excluding carboxylic acids is 1. The predicted molar refractivity (Wildman–Crippen MR) is 125 cm³/mol. The third-order valence-electron chi connectivity index (χ3n) is 5.36. The highest BCUT2D eigenvalue weighted by molar-refractivity contribution is 14.1. The van der Waals surface area contributed by atoms with E-state index in [9.17, 15) is 15.0 Å². The molecule has 4 atom stereocenters. The molecule has 2 aromatic rings. The third kappa shape index (κ3) is 5.95. The first-order chi connectivity index (χ1) is 14.9. The number of aliphatic hydroxyl groups is 2. The fourth-order valence-corrected chi connectivity index (χ4v) is 4.24. The number of aliphatic hydroxyl groups excluding tert-OH is 2. The summed E-state index contributed by atoms with van der Waals surface area (Å²) in [4.78, 5) is 19.2. The molecule has 3 N–H and O–H groups in total. The molecule has 0 saturated carbocycles. The third-order valence-corrected chi connectivity index (χ3v) is 6.08. The van der Waals surface area contributed by atoms with E-state index >= 15 is 0 Å². The molecule has 1 aliphatic rings. The van der Waals surface area contributed by atoms with Gasteiger partial charge in [-0.25, -0.2) is 0 Å². The zero-order chi connectivity index (χ0) is 22.4. The van der Waals surface area contributed by atoms with E-state index in [0.29, 0.717) is 19.7 Å². The van der Waals surface area contributed by atoms with Gasteiger partial charge in [-0.1, -0.05) is 30.3 Å². The van der Waals surface area contributed by atoms with E-state index < -0.39 is 24.2 Å². The number of carbonyl (C=O) groups is 1. The van der Waals surface area contributed by atoms with Gasteiger partial charge >= 0.3 is 0 Å². The van der Waals surface area contributed by atoms with E-state index in [1.165, 1.54) is 0 Å². The molecule has 0 radical (unpaired) electrons. The Balaban J connectivity index is 1.78. The number of nitrogens with zero attached hydrogens (tertiary/aromatic N) is 1. The molecule has 0 bridgehead atoms. The van der Waals surface area contributed by atoms with Crippen LogP contribution in [0.4, 0.5) is 0 Å². The van der Waals surface area contributed by atoms with Crippen LogP contribution in [0.3, 0.4) is 0 Å². The highest BCUT2D eigenvalue weighted by atomic mass is 127. The van der Waals surface area contributed by atoms with Crippen LogP contribution >= 0.6 is 22.6 Å². The molecule has 0 spiro atoms. The zero-order valence-corrected chi connectivity index (χ0v) is 19.9. The number of benzene rings is 2. The maximum atomic E-state index is 13.3. The van der Waals surface area contributed by atoms with Gasteiger partial charge in [0.05, 0.1) is 25.9 Å². The number of hydroxylamine groups is 2. The number of halogens is 1. The average Bonchev–Trinajstić information content (AvgIpc) is 3.13. The Hall–Kier alpha value is -1.72. The summed E-state index contributed by atoms with van der Waals surface area (Å²) in [6.07, 6.45) is -1.49. The van der Waals surface area contributed by atoms with Crippen molar-refractivity contribution in [3.63, 3.8) is 0 Å². The SMILES string of the molecule is CCOc1ccccc1CNC(=O)[C@H]1[C@@H]([C@@H](C)O)[C@@H](CO)ON1Cc1ccc(I)cc1. The lowest BCUT2D eigenvalue weighted by molar-refractivity contribution is -0.181. The van der Waals surface area contributed by atoms with Crippen LogP contribution in [0.5, 0.6) is 5.75 Å². The standard InChI is InChI=1S/C23H29IN2O5/c1-3-30-19-7-5-4-6-17(19)12-25-23(29)22-21(15(2)28)20(14-27)31-26(22)13-16-8-10-18(24)11-9-16/h4-11,15,20-22,27-28H,3,12-14H2,1-2H3,(H,25,29)/t15-,20-,21+,22-/m1/s1. The highest BCUT2D eigenvalue weighted by Crippen LogP contribution is 2.32. The van der Waals surface area contributed by atoms with Crippen LogP contribution < -0.4 is 10.1 Å². The second-order valence-electron chi connectivity index (χ2n) is 7.55. The van der Waals surface area contributed by atoms with Crippen LogP contribution in [-0.2, 0) is 22.7 Å². The largest absolute Gasteiger partial charge is 0.494 e. The van der Waals surface area contributed by atoms with Crippen LogP contribution in [-0.4, -0.2) is 52.6 Å². The van der Waals surface area contributed by atoms with Crippen LogP contribution in [0.15, 0.2) is 48.5 Å². The molecule has 8 heteroatoms. The summed E-state index contributed by atoms with van der Waals surface area (Å²) in [6, 6.07) is 14.7. The van der Waals surface area contributed by atoms with Crippen molar-refractivity contribution in [2.75, 3.05) is 13.2 Å². The topological polar surface area (TPSA) is 91.3 Å². The van der Waals surface area contributed by atoms with Gasteiger partial charge in [-0.05, 0) is 60.2 Å². The first-order valence-electron chi connectivity index (χ1n) is 10.4. The molecule has 1 fully saturated rings. The quantitative estimate of drug-likeness (QED) is 0.424. The van der Waals surface area contributed by atoms with Crippen molar-refractivity contribution in [3.05, 3.63) is 63.2 Å². The van der Waals surface area contributed by atoms with Crippen LogP contribution in [0, 0.1) is 9.49 Å². The summed E-state index contributed by atoms with van der Waals surface area (Å²) < 4.78 is 6.75. The van der Waals surface area contributed by atoms with Gasteiger partial charge in [0.2, 0.25) is 5.91 Å². The first kappa shape index (κ1) is 23.9. The number of ether oxygens (including phenoxy) is 1. The lowest BCUT2D eigenvalue weighted by Crippen LogP contribution is -2.48. The molecule has 1 aliphatic heterocycles. The van der Waals surface area contributed by atoms with Crippen molar-refractivity contribution < 1.29 is 24.6 Å². The Labute approximate surface area is 196 Å². The summed E-state index contributed by atoms with van der Waals surface area (Å²) in [6.45, 7) is 4.44. The second kappa shape index (κ2) is 11.2. The lowest BCUT2D eigenvalue weighted by atomic mass is 9.89. The smallest absolute Gasteiger partial charge is 0.240 e. The average molecular weight is 540 g/mol. The number of rotatable bonds is 9. The van der Waals surface area contributed by atoms with Gasteiger partial charge in [0.25, 0.3) is 0 Å². The number of para-hydroxylation sites is 1. The Kier molecular flexibility index (Phi) is 8.67. The Morgan fingerprint density at radius 3 is 2.61 bits per heavy atom. The van der Waals surface area contributed by atoms with Gasteiger partial charge in [-0.3, -0.25) is 9.63 Å². The van der Waals surface area contributed by atoms with E-state index in [2.05, 4.69) is 27.9 Å². The molecule has 0 unspecified atom stereocenters. The maximum absolute atomic E-state index is 13.3. The normalized spacial score (nSPS) is 22.3. The van der Waals surface area contributed by atoms with Gasteiger partial charge in [-0.2, -0.15) is 5.06 Å². The lowest BCUT2D eigenvalue weighted by Gasteiger charge is -2.26. The molecular formula is C23H29IN2O5. The molecule has 0 aliphatic carbocycles. The molecule has 168 valence electrons. The van der Waals surface area contributed by atoms with E-state index in [1.54, 1.807) is 12.0 Å². The van der Waals surface area contributed by atoms with Crippen molar-refractivity contribution in [1.82, 2.24) is 10.4 Å². The van der Waals surface area contributed by atoms with Crippen molar-refractivity contribution in [2.45, 2.75) is 45.2 Å². The predicted octanol–water partition coefficient (Wildman–Crippen LogP) is 2.48. The first-order valence-corrected chi connectivity index (χ1v) is 11.5. The molecule has 7 nitrogen and oxygen atoms in total. The van der Waals surface area contributed by atoms with Crippen molar-refractivity contribution >= 4 is 28.5 Å². The summed E-state index contributed by atoms with van der Waals surface area (Å²) >= 11 is 2.24. The summed E-state index contributed by atoms with van der Waals surface area (Å²) in [5.41, 5.74) is 1.84. The number of hydrogen-bond acceptors (Lipinski definition) is 6. The highest BCUT2D eigenvalue weighted by Gasteiger charge is 2.49. The fourth-order valence-electron chi connectivity index (χ4n) is 3.88. The van der Waals surface area contributed by atoms with E-state index in [1.807, 2.05) is 55.5 Å². The molecule has 31 heavy (non-hydrogen) atoms. The van der Waals surface area contributed by atoms with Gasteiger partial charge in [0.15, 0.2) is 0 Å². The number of hydrogen-bond donors (Lipinski definition) is 3. The minimum absolute atomic E-state index is 0.265. The second-order valence-corrected chi connectivity index (χ2v) is 8.80. The Bertz CT molecular complexity index is 861. The van der Waals surface area contributed by atoms with E-state index in [-0.39, 0.29) is 12.5 Å². The minimum atomic E-state index is -0.828. The maximum Gasteiger partial charge on any atom is 0.240 e. The molecule has 1 amide bonds. The van der Waals surface area contributed by atoms with Gasteiger partial charge in [0.1, 0.15) is 17.9 Å². The summed E-state index contributed by atoms with van der Waals surface area (Å²) in [7, 11) is 0. The van der Waals surface area contributed by atoms with E-state index in [4.69, 9.17) is 9.57 Å². The zero-order valence-electron chi connectivity index (χ0n) is 17.7. The van der Waals surface area contributed by atoms with Crippen LogP contribution in [0.2, 0.25) is 0 Å². The number of amides is 1. The van der Waals surface area contributed by atoms with Crippen molar-refractivity contribution in [2.24, 2.45) is 5.92 Å². The Morgan fingerprint density at radius 1 is 1.26 bits per heavy atom. The molecule has 2 aromatic carbocycles. The van der Waals surface area contributed by atoms with Gasteiger partial charge in [0, 0.05) is 21.6 Å². The van der Waals surface area contributed by atoms with Crippen molar-refractivity contribution in [1.29, 1.82) is 0 Å². The molecular weight excluding hydrogens is 511 g/mol. The van der Waals surface area contributed by atoms with Crippen molar-refractivity contribution in [3.8, 4) is 5.75 Å². The van der Waals surface area contributed by atoms with Crippen LogP contribution in [0.25, 0.3) is 0 Å². The van der Waals surface area contributed by atoms with Crippen LogP contribution in [0.1, 0.15) is 25.0 Å². The Morgan fingerprint density at radius 2 is 1.97 bits per heavy atom. The molecule has 0 aromatic heterocycles. The van der Waals surface area contributed by atoms with Gasteiger partial charge in [-0.15, -0.1) is 0 Å². The van der Waals surface area contributed by atoms with Gasteiger partial charge < -0.3 is 20.3 Å². The fraction of sp³-hybridized carbons (Fsp3) is 0.435. The summed E-state index contributed by atoms with van der Waals surface area (Å²) in [5.74, 6) is -0.0984. The molecule has 1 heterocycles. The number of nitrogens with one attached hydrogen (secondary N) is 1. The summed E-state index contributed by atoms with van der Waals surface area (Å²) in [5, 5.41) is 24.7. The molecule has 3 rings (SSSR count). The minimum Gasteiger partial charge on any atom is -0.494 e. The molecule has 1 saturated heterocycles.